The van der Waals surface area contributed by atoms with E-state index in [0.29, 0.717) is 49.6 Å². The van der Waals surface area contributed by atoms with Gasteiger partial charge in [0.25, 0.3) is 5.56 Å². The molecule has 1 atom stereocenters. The molecule has 1 unspecified atom stereocenters. The second kappa shape index (κ2) is 8.29. The first-order chi connectivity index (χ1) is 14.0. The molecule has 0 saturated carbocycles. The molecule has 0 radical (unpaired) electrons. The Labute approximate surface area is 171 Å². The van der Waals surface area contributed by atoms with E-state index in [0.717, 1.165) is 23.3 Å². The van der Waals surface area contributed by atoms with Crippen LogP contribution in [0.2, 0.25) is 0 Å². The first-order valence-corrected chi connectivity index (χ1v) is 10.7. The first kappa shape index (κ1) is 20.1. The van der Waals surface area contributed by atoms with Crippen LogP contribution in [0.15, 0.2) is 9.59 Å². The van der Waals surface area contributed by atoms with Crippen LogP contribution in [0.25, 0.3) is 10.2 Å². The number of nitrogens with one attached hydrogen (secondary N) is 1. The van der Waals surface area contributed by atoms with Crippen LogP contribution in [-0.4, -0.2) is 59.6 Å². The summed E-state index contributed by atoms with van der Waals surface area (Å²) in [6.45, 7) is 5.24. The average Bonchev–Trinajstić information content (AvgIpc) is 3.42. The second-order valence-electron chi connectivity index (χ2n) is 7.46. The summed E-state index contributed by atoms with van der Waals surface area (Å²) < 4.78 is 13.8. The Bertz CT molecular complexity index is 1030. The maximum atomic E-state index is 13.3. The highest BCUT2D eigenvalue weighted by atomic mass is 32.1. The third-order valence-electron chi connectivity index (χ3n) is 5.60. The maximum absolute atomic E-state index is 13.3. The lowest BCUT2D eigenvalue weighted by Crippen LogP contribution is -2.42. The molecule has 1 N–H and O–H groups in total. The van der Waals surface area contributed by atoms with Crippen molar-refractivity contribution in [3.05, 3.63) is 31.3 Å². The fourth-order valence-electron chi connectivity index (χ4n) is 3.96. The zero-order valence-electron chi connectivity index (χ0n) is 16.7. The first-order valence-electron chi connectivity index (χ1n) is 9.90. The van der Waals surface area contributed by atoms with Crippen molar-refractivity contribution in [2.75, 3.05) is 33.4 Å². The normalized spacial score (nSPS) is 19.4. The Kier molecular flexibility index (Phi) is 5.75. The molecular weight excluding hydrogens is 396 g/mol. The Hall–Kier alpha value is -2.17. The van der Waals surface area contributed by atoms with Crippen LogP contribution in [0.4, 0.5) is 4.79 Å². The van der Waals surface area contributed by atoms with E-state index < -0.39 is 0 Å². The van der Waals surface area contributed by atoms with E-state index in [-0.39, 0.29) is 29.9 Å². The molecule has 0 bridgehead atoms. The van der Waals surface area contributed by atoms with Gasteiger partial charge in [0.15, 0.2) is 0 Å². The van der Waals surface area contributed by atoms with E-state index in [1.807, 2.05) is 6.92 Å². The van der Waals surface area contributed by atoms with Gasteiger partial charge in [0, 0.05) is 31.7 Å². The summed E-state index contributed by atoms with van der Waals surface area (Å²) in [5, 5.41) is 3.35. The quantitative estimate of drug-likeness (QED) is 0.715. The van der Waals surface area contributed by atoms with Crippen LogP contribution in [0.3, 0.4) is 0 Å². The number of hydrogen-bond donors (Lipinski definition) is 1. The Morgan fingerprint density at radius 3 is 2.76 bits per heavy atom. The molecule has 4 rings (SSSR count). The van der Waals surface area contributed by atoms with Gasteiger partial charge in [0.2, 0.25) is 0 Å². The van der Waals surface area contributed by atoms with Gasteiger partial charge in [-0.2, -0.15) is 0 Å². The van der Waals surface area contributed by atoms with Gasteiger partial charge in [-0.1, -0.05) is 0 Å². The van der Waals surface area contributed by atoms with Gasteiger partial charge in [0.1, 0.15) is 4.83 Å². The molecule has 0 aliphatic carbocycles. The van der Waals surface area contributed by atoms with Crippen LogP contribution < -0.4 is 16.6 Å². The smallest absolute Gasteiger partial charge is 0.332 e. The maximum Gasteiger partial charge on any atom is 0.332 e. The number of amides is 2. The van der Waals surface area contributed by atoms with E-state index in [1.54, 1.807) is 16.6 Å². The average molecular weight is 423 g/mol. The number of aryl methyl sites for hydroxylation is 1. The van der Waals surface area contributed by atoms with Crippen molar-refractivity contribution in [2.24, 2.45) is 0 Å². The standard InChI is InChI=1S/C19H26N4O5S/c1-12-14(11-21-6-5-20-18(21)25)29-17-15(12)16(24)23(10-13-4-3-8-28-13)19(26)22(17)7-9-27-2/h13H,3-11H2,1-2H3,(H,20,25). The number of fused-ring (bicyclic) bond motifs is 1. The number of aromatic nitrogens is 2. The van der Waals surface area contributed by atoms with Crippen LogP contribution in [0.1, 0.15) is 23.3 Å². The predicted molar refractivity (Wildman–Crippen MR) is 110 cm³/mol. The zero-order valence-corrected chi connectivity index (χ0v) is 17.5. The molecule has 0 spiro atoms. The van der Waals surface area contributed by atoms with Crippen LogP contribution in [0, 0.1) is 6.92 Å². The summed E-state index contributed by atoms with van der Waals surface area (Å²) >= 11 is 1.41. The number of hydrogen-bond acceptors (Lipinski definition) is 6. The molecule has 10 heteroatoms. The van der Waals surface area contributed by atoms with Gasteiger partial charge in [-0.15, -0.1) is 11.3 Å². The van der Waals surface area contributed by atoms with Gasteiger partial charge < -0.3 is 19.7 Å². The molecule has 2 amide bonds. The lowest BCUT2D eigenvalue weighted by Gasteiger charge is -2.14. The van der Waals surface area contributed by atoms with E-state index in [4.69, 9.17) is 9.47 Å². The molecule has 9 nitrogen and oxygen atoms in total. The van der Waals surface area contributed by atoms with Gasteiger partial charge in [-0.05, 0) is 25.3 Å². The monoisotopic (exact) mass is 422 g/mol. The van der Waals surface area contributed by atoms with Crippen molar-refractivity contribution in [1.82, 2.24) is 19.4 Å². The summed E-state index contributed by atoms with van der Waals surface area (Å²) in [6, 6.07) is -0.102. The van der Waals surface area contributed by atoms with Gasteiger partial charge in [-0.3, -0.25) is 13.9 Å². The van der Waals surface area contributed by atoms with E-state index in [2.05, 4.69) is 5.32 Å². The summed E-state index contributed by atoms with van der Waals surface area (Å²) in [5.74, 6) is 0. The number of methoxy groups -OCH3 is 1. The van der Waals surface area contributed by atoms with Crippen LogP contribution >= 0.6 is 11.3 Å². The van der Waals surface area contributed by atoms with Crippen LogP contribution in [-0.2, 0) is 29.1 Å². The fourth-order valence-corrected chi connectivity index (χ4v) is 5.29. The number of urea groups is 1. The molecule has 0 aromatic carbocycles. The van der Waals surface area contributed by atoms with Crippen molar-refractivity contribution in [3.63, 3.8) is 0 Å². The number of carbonyl (C=O) groups is 1. The molecule has 29 heavy (non-hydrogen) atoms. The van der Waals surface area contributed by atoms with Crippen molar-refractivity contribution in [1.29, 1.82) is 0 Å². The highest BCUT2D eigenvalue weighted by molar-refractivity contribution is 7.18. The fraction of sp³-hybridized carbons (Fsp3) is 0.632. The number of thiophene rings is 1. The molecule has 2 aliphatic heterocycles. The number of nitrogens with zero attached hydrogens (tertiary/aromatic N) is 3. The molecule has 2 aromatic heterocycles. The van der Waals surface area contributed by atoms with Crippen molar-refractivity contribution in [3.8, 4) is 0 Å². The predicted octanol–water partition coefficient (Wildman–Crippen LogP) is 0.884. The Balaban J connectivity index is 1.82. The number of rotatable bonds is 7. The molecule has 158 valence electrons. The SMILES string of the molecule is COCCn1c(=O)n(CC2CCCO2)c(=O)c2c(C)c(CN3CCNC3=O)sc21. The molecule has 2 fully saturated rings. The number of carbonyl (C=O) groups excluding carboxylic acids is 1. The zero-order chi connectivity index (χ0) is 20.5. The molecule has 4 heterocycles. The van der Waals surface area contributed by atoms with E-state index in [9.17, 15) is 14.4 Å². The van der Waals surface area contributed by atoms with Crippen molar-refractivity contribution >= 4 is 27.6 Å². The molecular formula is C19H26N4O5S. The largest absolute Gasteiger partial charge is 0.383 e. The molecule has 2 saturated heterocycles. The summed E-state index contributed by atoms with van der Waals surface area (Å²) in [4.78, 5) is 41.7. The third-order valence-corrected chi connectivity index (χ3v) is 6.90. The van der Waals surface area contributed by atoms with Crippen LogP contribution in [0.5, 0.6) is 0 Å². The minimum absolute atomic E-state index is 0.102. The van der Waals surface area contributed by atoms with Gasteiger partial charge in [-0.25, -0.2) is 9.59 Å². The van der Waals surface area contributed by atoms with Gasteiger partial charge in [0.05, 0.1) is 37.7 Å². The summed E-state index contributed by atoms with van der Waals surface area (Å²) in [5.41, 5.74) is 0.226. The molecule has 2 aromatic rings. The Morgan fingerprint density at radius 1 is 1.28 bits per heavy atom. The molecule has 2 aliphatic rings. The Morgan fingerprint density at radius 2 is 2.10 bits per heavy atom. The lowest BCUT2D eigenvalue weighted by atomic mass is 10.2. The second-order valence-corrected chi connectivity index (χ2v) is 8.55. The minimum atomic E-state index is -0.332. The van der Waals surface area contributed by atoms with Gasteiger partial charge >= 0.3 is 11.7 Å². The lowest BCUT2D eigenvalue weighted by molar-refractivity contribution is 0.0946. The summed E-state index contributed by atoms with van der Waals surface area (Å²) in [6.07, 6.45) is 1.68. The third kappa shape index (κ3) is 3.72. The van der Waals surface area contributed by atoms with E-state index in [1.165, 1.54) is 15.9 Å². The number of ether oxygens (including phenoxy) is 2. The van der Waals surface area contributed by atoms with Crippen molar-refractivity contribution in [2.45, 2.75) is 45.5 Å². The topological polar surface area (TPSA) is 94.8 Å². The van der Waals surface area contributed by atoms with Crippen molar-refractivity contribution < 1.29 is 14.3 Å². The highest BCUT2D eigenvalue weighted by Gasteiger charge is 2.26. The highest BCUT2D eigenvalue weighted by Crippen LogP contribution is 2.29. The van der Waals surface area contributed by atoms with E-state index >= 15 is 0 Å². The summed E-state index contributed by atoms with van der Waals surface area (Å²) in [7, 11) is 1.59. The minimum Gasteiger partial charge on any atom is -0.383 e.